The number of hydrogen-bond donors (Lipinski definition) is 3. The van der Waals surface area contributed by atoms with Gasteiger partial charge in [0, 0.05) is 12.1 Å². The summed E-state index contributed by atoms with van der Waals surface area (Å²) in [6.45, 7) is 3.98. The number of carbonyl (C=O) groups is 2. The summed E-state index contributed by atoms with van der Waals surface area (Å²) in [5.41, 5.74) is 1.04. The van der Waals surface area contributed by atoms with Gasteiger partial charge in [0.05, 0.1) is 11.3 Å². The molecule has 1 aliphatic carbocycles. The van der Waals surface area contributed by atoms with Crippen molar-refractivity contribution in [3.05, 3.63) is 29.8 Å². The number of benzene rings is 1. The SMILES string of the molecule is CC[C@@H](C)NC(=O)c1ccccc1NC(=O)NC1CCCCC1. The number of para-hydroxylation sites is 1. The largest absolute Gasteiger partial charge is 0.350 e. The predicted molar refractivity (Wildman–Crippen MR) is 92.7 cm³/mol. The zero-order valence-corrected chi connectivity index (χ0v) is 14.0. The van der Waals surface area contributed by atoms with Crippen LogP contribution in [0.4, 0.5) is 10.5 Å². The fourth-order valence-electron chi connectivity index (χ4n) is 2.78. The van der Waals surface area contributed by atoms with Gasteiger partial charge in [-0.3, -0.25) is 4.79 Å². The lowest BCUT2D eigenvalue weighted by atomic mass is 9.96. The van der Waals surface area contributed by atoms with E-state index in [-0.39, 0.29) is 24.0 Å². The van der Waals surface area contributed by atoms with Gasteiger partial charge >= 0.3 is 6.03 Å². The highest BCUT2D eigenvalue weighted by Crippen LogP contribution is 2.18. The van der Waals surface area contributed by atoms with E-state index in [4.69, 9.17) is 0 Å². The Hall–Kier alpha value is -2.04. The highest BCUT2D eigenvalue weighted by molar-refractivity contribution is 6.03. The van der Waals surface area contributed by atoms with Crippen molar-refractivity contribution in [2.75, 3.05) is 5.32 Å². The smallest absolute Gasteiger partial charge is 0.319 e. The third-order valence-corrected chi connectivity index (χ3v) is 4.35. The maximum absolute atomic E-state index is 12.3. The second-order valence-corrected chi connectivity index (χ2v) is 6.26. The van der Waals surface area contributed by atoms with E-state index in [2.05, 4.69) is 16.0 Å². The Morgan fingerprint density at radius 1 is 1.17 bits per heavy atom. The van der Waals surface area contributed by atoms with Crippen molar-refractivity contribution in [2.24, 2.45) is 0 Å². The van der Waals surface area contributed by atoms with Crippen LogP contribution >= 0.6 is 0 Å². The standard InChI is InChI=1S/C18H27N3O2/c1-3-13(2)19-17(22)15-11-7-8-12-16(15)21-18(23)20-14-9-5-4-6-10-14/h7-8,11-14H,3-6,9-10H2,1-2H3,(H,19,22)(H2,20,21,23)/t13-/m1/s1. The molecule has 3 N–H and O–H groups in total. The number of rotatable bonds is 5. The van der Waals surface area contributed by atoms with E-state index in [0.29, 0.717) is 11.3 Å². The highest BCUT2D eigenvalue weighted by atomic mass is 16.2. The molecule has 2 rings (SSSR count). The molecule has 0 aromatic heterocycles. The number of hydrogen-bond acceptors (Lipinski definition) is 2. The summed E-state index contributed by atoms with van der Waals surface area (Å²) < 4.78 is 0. The molecule has 1 atom stereocenters. The first-order chi connectivity index (χ1) is 11.1. The third kappa shape index (κ3) is 5.27. The minimum atomic E-state index is -0.235. The molecule has 23 heavy (non-hydrogen) atoms. The topological polar surface area (TPSA) is 70.2 Å². The molecule has 1 aliphatic rings. The third-order valence-electron chi connectivity index (χ3n) is 4.35. The summed E-state index contributed by atoms with van der Waals surface area (Å²) in [7, 11) is 0. The molecule has 1 aromatic carbocycles. The Balaban J connectivity index is 1.98. The molecular weight excluding hydrogens is 290 g/mol. The average molecular weight is 317 g/mol. The molecule has 0 heterocycles. The number of nitrogens with one attached hydrogen (secondary N) is 3. The molecule has 3 amide bonds. The van der Waals surface area contributed by atoms with E-state index in [1.54, 1.807) is 18.2 Å². The van der Waals surface area contributed by atoms with Gasteiger partial charge in [0.1, 0.15) is 0 Å². The molecule has 1 saturated carbocycles. The average Bonchev–Trinajstić information content (AvgIpc) is 2.56. The number of anilines is 1. The maximum atomic E-state index is 12.3. The van der Waals surface area contributed by atoms with Gasteiger partial charge in [-0.2, -0.15) is 0 Å². The van der Waals surface area contributed by atoms with E-state index < -0.39 is 0 Å². The zero-order chi connectivity index (χ0) is 16.7. The highest BCUT2D eigenvalue weighted by Gasteiger charge is 2.18. The molecule has 0 unspecified atom stereocenters. The van der Waals surface area contributed by atoms with Gasteiger partial charge in [0.15, 0.2) is 0 Å². The van der Waals surface area contributed by atoms with Gasteiger partial charge < -0.3 is 16.0 Å². The van der Waals surface area contributed by atoms with E-state index in [1.807, 2.05) is 19.9 Å². The summed E-state index contributed by atoms with van der Waals surface area (Å²) in [6.07, 6.45) is 6.51. The van der Waals surface area contributed by atoms with Crippen LogP contribution in [-0.2, 0) is 0 Å². The Labute approximate surface area is 138 Å². The summed E-state index contributed by atoms with van der Waals surface area (Å²) in [6, 6.07) is 7.21. The van der Waals surface area contributed by atoms with Crippen LogP contribution in [0.25, 0.3) is 0 Å². The van der Waals surface area contributed by atoms with Crippen LogP contribution in [0.1, 0.15) is 62.7 Å². The fourth-order valence-corrected chi connectivity index (χ4v) is 2.78. The second kappa shape index (κ2) is 8.56. The maximum Gasteiger partial charge on any atom is 0.319 e. The number of urea groups is 1. The quantitative estimate of drug-likeness (QED) is 0.775. The molecule has 0 spiro atoms. The number of carbonyl (C=O) groups excluding carboxylic acids is 2. The summed E-state index contributed by atoms with van der Waals surface area (Å²) in [5, 5.41) is 8.75. The lowest BCUT2D eigenvalue weighted by molar-refractivity contribution is 0.0940. The van der Waals surface area contributed by atoms with Crippen LogP contribution in [0.2, 0.25) is 0 Å². The molecule has 5 nitrogen and oxygen atoms in total. The van der Waals surface area contributed by atoms with E-state index in [9.17, 15) is 9.59 Å². The first-order valence-electron chi connectivity index (χ1n) is 8.57. The summed E-state index contributed by atoms with van der Waals surface area (Å²) in [5.74, 6) is -0.159. The van der Waals surface area contributed by atoms with E-state index in [1.165, 1.54) is 19.3 Å². The minimum absolute atomic E-state index is 0.103. The molecule has 1 aromatic rings. The van der Waals surface area contributed by atoms with Crippen molar-refractivity contribution in [1.82, 2.24) is 10.6 Å². The molecule has 0 bridgehead atoms. The van der Waals surface area contributed by atoms with Crippen molar-refractivity contribution in [1.29, 1.82) is 0 Å². The molecular formula is C18H27N3O2. The van der Waals surface area contributed by atoms with Crippen molar-refractivity contribution < 1.29 is 9.59 Å². The lowest BCUT2D eigenvalue weighted by Gasteiger charge is -2.23. The first-order valence-corrected chi connectivity index (χ1v) is 8.57. The lowest BCUT2D eigenvalue weighted by Crippen LogP contribution is -2.39. The monoisotopic (exact) mass is 317 g/mol. The summed E-state index contributed by atoms with van der Waals surface area (Å²) >= 11 is 0. The van der Waals surface area contributed by atoms with Gasteiger partial charge in [-0.25, -0.2) is 4.79 Å². The molecule has 126 valence electrons. The molecule has 0 saturated heterocycles. The van der Waals surface area contributed by atoms with Gasteiger partial charge in [-0.15, -0.1) is 0 Å². The van der Waals surface area contributed by atoms with Crippen LogP contribution in [0, 0.1) is 0 Å². The Morgan fingerprint density at radius 3 is 2.57 bits per heavy atom. The van der Waals surface area contributed by atoms with Gasteiger partial charge in [-0.1, -0.05) is 38.3 Å². The van der Waals surface area contributed by atoms with E-state index >= 15 is 0 Å². The van der Waals surface area contributed by atoms with Crippen LogP contribution in [-0.4, -0.2) is 24.0 Å². The van der Waals surface area contributed by atoms with Crippen molar-refractivity contribution in [3.8, 4) is 0 Å². The van der Waals surface area contributed by atoms with Crippen LogP contribution < -0.4 is 16.0 Å². The zero-order valence-electron chi connectivity index (χ0n) is 14.0. The second-order valence-electron chi connectivity index (χ2n) is 6.26. The van der Waals surface area contributed by atoms with Crippen molar-refractivity contribution in [3.63, 3.8) is 0 Å². The fraction of sp³-hybridized carbons (Fsp3) is 0.556. The van der Waals surface area contributed by atoms with Crippen molar-refractivity contribution >= 4 is 17.6 Å². The Kier molecular flexibility index (Phi) is 6.44. The summed E-state index contributed by atoms with van der Waals surface area (Å²) in [4.78, 5) is 24.5. The number of amides is 3. The molecule has 0 radical (unpaired) electrons. The van der Waals surface area contributed by atoms with E-state index in [0.717, 1.165) is 19.3 Å². The van der Waals surface area contributed by atoms with Crippen LogP contribution in [0.5, 0.6) is 0 Å². The normalized spacial score (nSPS) is 16.4. The van der Waals surface area contributed by atoms with Gasteiger partial charge in [0.2, 0.25) is 0 Å². The van der Waals surface area contributed by atoms with Crippen LogP contribution in [0.15, 0.2) is 24.3 Å². The van der Waals surface area contributed by atoms with Crippen molar-refractivity contribution in [2.45, 2.75) is 64.5 Å². The molecule has 1 fully saturated rings. The van der Waals surface area contributed by atoms with Crippen LogP contribution in [0.3, 0.4) is 0 Å². The first kappa shape index (κ1) is 17.3. The predicted octanol–water partition coefficient (Wildman–Crippen LogP) is 3.67. The Bertz CT molecular complexity index is 539. The van der Waals surface area contributed by atoms with Gasteiger partial charge in [-0.05, 0) is 38.3 Å². The minimum Gasteiger partial charge on any atom is -0.350 e. The molecule has 0 aliphatic heterocycles. The van der Waals surface area contributed by atoms with Gasteiger partial charge in [0.25, 0.3) is 5.91 Å². The molecule has 5 heteroatoms. The Morgan fingerprint density at radius 2 is 1.87 bits per heavy atom.